The Balaban J connectivity index is 4.09. The zero-order valence-electron chi connectivity index (χ0n) is 6.49. The number of allylic oxidation sites excluding steroid dienone is 5. The van der Waals surface area contributed by atoms with Gasteiger partial charge in [0.2, 0.25) is 0 Å². The quantitative estimate of drug-likeness (QED) is 0.369. The van der Waals surface area contributed by atoms with E-state index in [9.17, 15) is 0 Å². The van der Waals surface area contributed by atoms with Gasteiger partial charge in [0.05, 0.1) is 0 Å². The molecule has 60 valence electrons. The summed E-state index contributed by atoms with van der Waals surface area (Å²) in [5.74, 6) is 0.683. The summed E-state index contributed by atoms with van der Waals surface area (Å²) in [7, 11) is 0. The summed E-state index contributed by atoms with van der Waals surface area (Å²) in [4.78, 5) is 0. The molecule has 0 radical (unpaired) electrons. The van der Waals surface area contributed by atoms with E-state index in [0.29, 0.717) is 5.76 Å². The minimum absolute atomic E-state index is 0.168. The smallest absolute Gasteiger partial charge is 0.137 e. The molecule has 0 aromatic rings. The van der Waals surface area contributed by atoms with Crippen molar-refractivity contribution in [3.63, 3.8) is 0 Å². The van der Waals surface area contributed by atoms with E-state index in [-0.39, 0.29) is 6.73 Å². The third-order valence-corrected chi connectivity index (χ3v) is 0.929. The fraction of sp³-hybridized carbons (Fsp3) is 0.111. The maximum atomic E-state index is 5.17. The molecule has 0 aromatic carbocycles. The second-order valence-electron chi connectivity index (χ2n) is 1.71. The summed E-state index contributed by atoms with van der Waals surface area (Å²) in [5.41, 5.74) is 5.17. The van der Waals surface area contributed by atoms with Gasteiger partial charge in [-0.2, -0.15) is 0 Å². The predicted molar refractivity (Wildman–Crippen MR) is 47.8 cm³/mol. The van der Waals surface area contributed by atoms with Gasteiger partial charge in [0, 0.05) is 0 Å². The predicted octanol–water partition coefficient (Wildman–Crippen LogP) is 1.73. The molecule has 0 heterocycles. The molecule has 0 rings (SSSR count). The van der Waals surface area contributed by atoms with E-state index < -0.39 is 0 Å². The SMILES string of the molecule is C=C/C=C\C(=C/C=C)OCN. The van der Waals surface area contributed by atoms with Crippen LogP contribution in [0.1, 0.15) is 0 Å². The van der Waals surface area contributed by atoms with Gasteiger partial charge in [0.1, 0.15) is 12.5 Å². The molecule has 0 saturated carbocycles. The molecule has 0 aliphatic rings. The third kappa shape index (κ3) is 5.18. The van der Waals surface area contributed by atoms with Crippen molar-refractivity contribution in [3.8, 4) is 0 Å². The van der Waals surface area contributed by atoms with Crippen LogP contribution in [0, 0.1) is 0 Å². The highest BCUT2D eigenvalue weighted by molar-refractivity contribution is 5.19. The van der Waals surface area contributed by atoms with Gasteiger partial charge in [-0.15, -0.1) is 0 Å². The first kappa shape index (κ1) is 9.72. The summed E-state index contributed by atoms with van der Waals surface area (Å²) >= 11 is 0. The van der Waals surface area contributed by atoms with Crippen molar-refractivity contribution >= 4 is 0 Å². The fourth-order valence-corrected chi connectivity index (χ4v) is 0.527. The van der Waals surface area contributed by atoms with Crippen LogP contribution in [-0.4, -0.2) is 6.73 Å². The number of hydrogen-bond donors (Lipinski definition) is 1. The lowest BCUT2D eigenvalue weighted by atomic mass is 10.4. The van der Waals surface area contributed by atoms with E-state index in [1.807, 2.05) is 0 Å². The number of nitrogens with two attached hydrogens (primary N) is 1. The van der Waals surface area contributed by atoms with Gasteiger partial charge >= 0.3 is 0 Å². The molecule has 2 nitrogen and oxygen atoms in total. The van der Waals surface area contributed by atoms with Crippen LogP contribution in [0.15, 0.2) is 49.3 Å². The lowest BCUT2D eigenvalue weighted by Gasteiger charge is -2.00. The van der Waals surface area contributed by atoms with Crippen LogP contribution >= 0.6 is 0 Å². The molecular weight excluding hydrogens is 138 g/mol. The van der Waals surface area contributed by atoms with Gasteiger partial charge in [-0.3, -0.25) is 5.73 Å². The minimum atomic E-state index is 0.168. The second kappa shape index (κ2) is 6.83. The van der Waals surface area contributed by atoms with E-state index in [1.54, 1.807) is 30.4 Å². The minimum Gasteiger partial charge on any atom is -0.479 e. The molecule has 11 heavy (non-hydrogen) atoms. The first-order chi connectivity index (χ1) is 5.35. The third-order valence-electron chi connectivity index (χ3n) is 0.929. The molecule has 0 spiro atoms. The van der Waals surface area contributed by atoms with E-state index in [0.717, 1.165) is 0 Å². The summed E-state index contributed by atoms with van der Waals surface area (Å²) in [6, 6.07) is 0. The fourth-order valence-electron chi connectivity index (χ4n) is 0.527. The molecule has 2 heteroatoms. The van der Waals surface area contributed by atoms with Gasteiger partial charge < -0.3 is 4.74 Å². The maximum Gasteiger partial charge on any atom is 0.137 e. The normalized spacial score (nSPS) is 11.5. The van der Waals surface area contributed by atoms with Crippen LogP contribution in [0.5, 0.6) is 0 Å². The van der Waals surface area contributed by atoms with Crippen LogP contribution in [0.4, 0.5) is 0 Å². The maximum absolute atomic E-state index is 5.17. The summed E-state index contributed by atoms with van der Waals surface area (Å²) in [5, 5.41) is 0. The highest BCUT2D eigenvalue weighted by Gasteiger charge is 1.85. The van der Waals surface area contributed by atoms with Gasteiger partial charge in [-0.05, 0) is 12.2 Å². The number of rotatable bonds is 5. The van der Waals surface area contributed by atoms with Crippen molar-refractivity contribution in [2.45, 2.75) is 0 Å². The Morgan fingerprint density at radius 3 is 2.55 bits per heavy atom. The van der Waals surface area contributed by atoms with Gasteiger partial charge in [0.15, 0.2) is 0 Å². The Bertz CT molecular complexity index is 180. The molecule has 0 aromatic heterocycles. The molecule has 0 atom stereocenters. The van der Waals surface area contributed by atoms with E-state index in [2.05, 4.69) is 13.2 Å². The van der Waals surface area contributed by atoms with Gasteiger partial charge in [0.25, 0.3) is 0 Å². The zero-order valence-corrected chi connectivity index (χ0v) is 6.49. The van der Waals surface area contributed by atoms with Crippen LogP contribution < -0.4 is 5.73 Å². The van der Waals surface area contributed by atoms with E-state index >= 15 is 0 Å². The molecule has 0 aliphatic carbocycles. The lowest BCUT2D eigenvalue weighted by molar-refractivity contribution is 0.234. The average molecular weight is 151 g/mol. The molecule has 0 aliphatic heterocycles. The molecule has 0 unspecified atom stereocenters. The van der Waals surface area contributed by atoms with Gasteiger partial charge in [-0.25, -0.2) is 0 Å². The Kier molecular flexibility index (Phi) is 6.04. The van der Waals surface area contributed by atoms with Crippen LogP contribution in [0.25, 0.3) is 0 Å². The first-order valence-electron chi connectivity index (χ1n) is 3.29. The summed E-state index contributed by atoms with van der Waals surface area (Å²) in [6.45, 7) is 7.23. The highest BCUT2D eigenvalue weighted by atomic mass is 16.5. The van der Waals surface area contributed by atoms with Crippen molar-refractivity contribution in [1.82, 2.24) is 0 Å². The standard InChI is InChI=1S/C9H13NO/c1-3-5-7-9(6-4-2)11-8-10/h3-7H,1-2,8,10H2/b7-5-,9-6+. The average Bonchev–Trinajstić information content (AvgIpc) is 2.01. The molecule has 0 amide bonds. The summed E-state index contributed by atoms with van der Waals surface area (Å²) in [6.07, 6.45) is 8.56. The van der Waals surface area contributed by atoms with Crippen molar-refractivity contribution in [2.75, 3.05) is 6.73 Å². The molecule has 0 saturated heterocycles. The monoisotopic (exact) mass is 151 g/mol. The second-order valence-corrected chi connectivity index (χ2v) is 1.71. The van der Waals surface area contributed by atoms with Crippen LogP contribution in [-0.2, 0) is 4.74 Å². The Morgan fingerprint density at radius 1 is 1.36 bits per heavy atom. The molecule has 0 fully saturated rings. The van der Waals surface area contributed by atoms with Crippen LogP contribution in [0.3, 0.4) is 0 Å². The Morgan fingerprint density at radius 2 is 2.09 bits per heavy atom. The zero-order chi connectivity index (χ0) is 8.53. The largest absolute Gasteiger partial charge is 0.479 e. The van der Waals surface area contributed by atoms with Crippen molar-refractivity contribution < 1.29 is 4.74 Å². The Labute approximate surface area is 67.4 Å². The first-order valence-corrected chi connectivity index (χ1v) is 3.29. The van der Waals surface area contributed by atoms with Crippen molar-refractivity contribution in [1.29, 1.82) is 0 Å². The topological polar surface area (TPSA) is 35.2 Å². The highest BCUT2D eigenvalue weighted by Crippen LogP contribution is 1.98. The molecule has 0 bridgehead atoms. The molecular formula is C9H13NO. The number of ether oxygens (including phenoxy) is 1. The van der Waals surface area contributed by atoms with E-state index in [4.69, 9.17) is 10.5 Å². The van der Waals surface area contributed by atoms with E-state index in [1.165, 1.54) is 0 Å². The lowest BCUT2D eigenvalue weighted by Crippen LogP contribution is -2.02. The van der Waals surface area contributed by atoms with Gasteiger partial charge in [-0.1, -0.05) is 31.4 Å². The number of hydrogen-bond acceptors (Lipinski definition) is 2. The van der Waals surface area contributed by atoms with Crippen molar-refractivity contribution in [3.05, 3.63) is 49.3 Å². The molecule has 2 N–H and O–H groups in total. The Hall–Kier alpha value is -1.28. The summed E-state index contributed by atoms with van der Waals surface area (Å²) < 4.78 is 5.02. The van der Waals surface area contributed by atoms with Crippen LogP contribution in [0.2, 0.25) is 0 Å². The van der Waals surface area contributed by atoms with Crippen molar-refractivity contribution in [2.24, 2.45) is 5.73 Å².